The lowest BCUT2D eigenvalue weighted by Gasteiger charge is -2.18. The van der Waals surface area contributed by atoms with Crippen molar-refractivity contribution >= 4 is 27.5 Å². The number of methoxy groups -OCH3 is 2. The number of benzene rings is 2. The van der Waals surface area contributed by atoms with Gasteiger partial charge in [0.05, 0.1) is 19.6 Å². The van der Waals surface area contributed by atoms with Crippen molar-refractivity contribution in [2.24, 2.45) is 0 Å². The average molecular weight is 370 g/mol. The topological polar surface area (TPSA) is 18.5 Å². The summed E-state index contributed by atoms with van der Waals surface area (Å²) in [5, 5.41) is -0.266. The standard InChI is InChI=1S/C17H18BrClO2/c1-10-8-15(18)11(2)7-14(10)17(19)13-6-5-12(20-3)9-16(13)21-4/h5-9,17H,1-4H3. The highest BCUT2D eigenvalue weighted by Gasteiger charge is 2.19. The van der Waals surface area contributed by atoms with Gasteiger partial charge < -0.3 is 9.47 Å². The highest BCUT2D eigenvalue weighted by Crippen LogP contribution is 2.39. The summed E-state index contributed by atoms with van der Waals surface area (Å²) in [6, 6.07) is 9.91. The Hall–Kier alpha value is -1.19. The molecule has 0 heterocycles. The molecule has 0 saturated heterocycles. The Morgan fingerprint density at radius 2 is 1.67 bits per heavy atom. The van der Waals surface area contributed by atoms with Gasteiger partial charge in [-0.25, -0.2) is 0 Å². The predicted molar refractivity (Wildman–Crippen MR) is 90.9 cm³/mol. The highest BCUT2D eigenvalue weighted by atomic mass is 79.9. The van der Waals surface area contributed by atoms with Crippen LogP contribution in [-0.4, -0.2) is 14.2 Å². The third-order valence-electron chi connectivity index (χ3n) is 3.53. The first kappa shape index (κ1) is 16.2. The van der Waals surface area contributed by atoms with Gasteiger partial charge in [0, 0.05) is 16.1 Å². The summed E-state index contributed by atoms with van der Waals surface area (Å²) in [6.07, 6.45) is 0. The second-order valence-electron chi connectivity index (χ2n) is 4.93. The minimum Gasteiger partial charge on any atom is -0.497 e. The van der Waals surface area contributed by atoms with E-state index in [0.29, 0.717) is 0 Å². The second-order valence-corrected chi connectivity index (χ2v) is 6.22. The minimum absolute atomic E-state index is 0.266. The normalized spacial score (nSPS) is 12.1. The summed E-state index contributed by atoms with van der Waals surface area (Å²) in [4.78, 5) is 0. The van der Waals surface area contributed by atoms with Gasteiger partial charge in [-0.15, -0.1) is 11.6 Å². The molecule has 0 aliphatic carbocycles. The van der Waals surface area contributed by atoms with E-state index >= 15 is 0 Å². The Balaban J connectivity index is 2.49. The van der Waals surface area contributed by atoms with E-state index in [1.807, 2.05) is 18.2 Å². The number of aryl methyl sites for hydroxylation is 2. The van der Waals surface area contributed by atoms with Gasteiger partial charge in [0.1, 0.15) is 11.5 Å². The van der Waals surface area contributed by atoms with Crippen LogP contribution in [0.4, 0.5) is 0 Å². The van der Waals surface area contributed by atoms with Gasteiger partial charge in [0.15, 0.2) is 0 Å². The third-order valence-corrected chi connectivity index (χ3v) is 4.86. The summed E-state index contributed by atoms with van der Waals surface area (Å²) in [5.74, 6) is 1.48. The molecule has 2 aromatic rings. The lowest BCUT2D eigenvalue weighted by atomic mass is 9.97. The monoisotopic (exact) mass is 368 g/mol. The zero-order chi connectivity index (χ0) is 15.6. The molecule has 2 aromatic carbocycles. The van der Waals surface area contributed by atoms with Crippen LogP contribution in [-0.2, 0) is 0 Å². The number of hydrogen-bond acceptors (Lipinski definition) is 2. The van der Waals surface area contributed by atoms with E-state index in [1.54, 1.807) is 14.2 Å². The SMILES string of the molecule is COc1ccc(C(Cl)c2cc(C)c(Br)cc2C)c(OC)c1. The molecule has 4 heteroatoms. The first-order valence-corrected chi connectivity index (χ1v) is 7.83. The molecule has 0 spiro atoms. The fourth-order valence-electron chi connectivity index (χ4n) is 2.27. The molecule has 2 rings (SSSR count). The first-order chi connectivity index (χ1) is 9.97. The summed E-state index contributed by atoms with van der Waals surface area (Å²) in [6.45, 7) is 4.12. The van der Waals surface area contributed by atoms with Crippen LogP contribution in [0, 0.1) is 13.8 Å². The van der Waals surface area contributed by atoms with E-state index in [4.69, 9.17) is 21.1 Å². The van der Waals surface area contributed by atoms with Crippen LogP contribution in [0.3, 0.4) is 0 Å². The lowest BCUT2D eigenvalue weighted by Crippen LogP contribution is -2.01. The molecule has 0 bridgehead atoms. The molecule has 1 unspecified atom stereocenters. The maximum atomic E-state index is 6.70. The number of halogens is 2. The van der Waals surface area contributed by atoms with Crippen LogP contribution in [0.1, 0.15) is 27.6 Å². The molecule has 0 N–H and O–H groups in total. The highest BCUT2D eigenvalue weighted by molar-refractivity contribution is 9.10. The zero-order valence-corrected chi connectivity index (χ0v) is 14.9. The molecule has 0 aliphatic rings. The van der Waals surface area contributed by atoms with Crippen molar-refractivity contribution in [3.63, 3.8) is 0 Å². The molecular formula is C17H18BrClO2. The van der Waals surface area contributed by atoms with Crippen molar-refractivity contribution in [3.8, 4) is 11.5 Å². The van der Waals surface area contributed by atoms with Gasteiger partial charge in [-0.2, -0.15) is 0 Å². The van der Waals surface area contributed by atoms with Crippen molar-refractivity contribution in [1.29, 1.82) is 0 Å². The molecule has 0 fully saturated rings. The van der Waals surface area contributed by atoms with Gasteiger partial charge in [0.25, 0.3) is 0 Å². The van der Waals surface area contributed by atoms with E-state index in [-0.39, 0.29) is 5.38 Å². The fourth-order valence-corrected chi connectivity index (χ4v) is 3.14. The summed E-state index contributed by atoms with van der Waals surface area (Å²) in [5.41, 5.74) is 4.32. The van der Waals surface area contributed by atoms with Crippen LogP contribution in [0.15, 0.2) is 34.8 Å². The van der Waals surface area contributed by atoms with E-state index in [0.717, 1.165) is 38.2 Å². The maximum absolute atomic E-state index is 6.70. The molecule has 0 aromatic heterocycles. The third kappa shape index (κ3) is 3.35. The fraction of sp³-hybridized carbons (Fsp3) is 0.294. The van der Waals surface area contributed by atoms with Crippen molar-refractivity contribution in [1.82, 2.24) is 0 Å². The Kier molecular flexibility index (Phi) is 5.17. The van der Waals surface area contributed by atoms with Gasteiger partial charge in [-0.1, -0.05) is 22.0 Å². The van der Waals surface area contributed by atoms with E-state index in [2.05, 4.69) is 41.9 Å². The smallest absolute Gasteiger partial charge is 0.127 e. The van der Waals surface area contributed by atoms with Crippen LogP contribution < -0.4 is 9.47 Å². The van der Waals surface area contributed by atoms with Gasteiger partial charge in [-0.05, 0) is 48.7 Å². The van der Waals surface area contributed by atoms with E-state index in [9.17, 15) is 0 Å². The molecule has 2 nitrogen and oxygen atoms in total. The predicted octanol–water partition coefficient (Wildman–Crippen LogP) is 5.41. The minimum atomic E-state index is -0.266. The number of rotatable bonds is 4. The molecule has 112 valence electrons. The Bertz CT molecular complexity index is 655. The Morgan fingerprint density at radius 3 is 2.29 bits per heavy atom. The van der Waals surface area contributed by atoms with Crippen molar-refractivity contribution in [2.45, 2.75) is 19.2 Å². The van der Waals surface area contributed by atoms with Gasteiger partial charge >= 0.3 is 0 Å². The maximum Gasteiger partial charge on any atom is 0.127 e. The quantitative estimate of drug-likeness (QED) is 0.671. The largest absolute Gasteiger partial charge is 0.497 e. The van der Waals surface area contributed by atoms with Crippen molar-refractivity contribution in [3.05, 3.63) is 57.1 Å². The first-order valence-electron chi connectivity index (χ1n) is 6.60. The number of hydrogen-bond donors (Lipinski definition) is 0. The molecule has 1 atom stereocenters. The summed E-state index contributed by atoms with van der Waals surface area (Å²) >= 11 is 10.3. The second kappa shape index (κ2) is 6.71. The summed E-state index contributed by atoms with van der Waals surface area (Å²) < 4.78 is 11.8. The molecular weight excluding hydrogens is 352 g/mol. The van der Waals surface area contributed by atoms with Crippen LogP contribution in [0.5, 0.6) is 11.5 Å². The molecule has 0 aliphatic heterocycles. The lowest BCUT2D eigenvalue weighted by molar-refractivity contribution is 0.391. The number of alkyl halides is 1. The van der Waals surface area contributed by atoms with Crippen LogP contribution >= 0.6 is 27.5 Å². The summed E-state index contributed by atoms with van der Waals surface area (Å²) in [7, 11) is 3.27. The van der Waals surface area contributed by atoms with Crippen LogP contribution in [0.2, 0.25) is 0 Å². The molecule has 0 radical (unpaired) electrons. The molecule has 0 amide bonds. The van der Waals surface area contributed by atoms with Crippen molar-refractivity contribution in [2.75, 3.05) is 14.2 Å². The zero-order valence-electron chi connectivity index (χ0n) is 12.5. The van der Waals surface area contributed by atoms with Gasteiger partial charge in [0.2, 0.25) is 0 Å². The van der Waals surface area contributed by atoms with E-state index in [1.165, 1.54) is 0 Å². The van der Waals surface area contributed by atoms with Crippen LogP contribution in [0.25, 0.3) is 0 Å². The Morgan fingerprint density at radius 1 is 0.952 bits per heavy atom. The molecule has 0 saturated carbocycles. The molecule has 21 heavy (non-hydrogen) atoms. The number of ether oxygens (including phenoxy) is 2. The van der Waals surface area contributed by atoms with E-state index < -0.39 is 0 Å². The van der Waals surface area contributed by atoms with Crippen molar-refractivity contribution < 1.29 is 9.47 Å². The Labute approximate surface area is 139 Å². The van der Waals surface area contributed by atoms with Gasteiger partial charge in [-0.3, -0.25) is 0 Å². The average Bonchev–Trinajstić information content (AvgIpc) is 2.49.